The number of hydrogen-bond acceptors (Lipinski definition) is 2. The highest BCUT2D eigenvalue weighted by Crippen LogP contribution is 2.24. The predicted octanol–water partition coefficient (Wildman–Crippen LogP) is 4.93. The van der Waals surface area contributed by atoms with E-state index in [4.69, 9.17) is 27.9 Å². The van der Waals surface area contributed by atoms with Gasteiger partial charge in [0.05, 0.1) is 6.61 Å². The van der Waals surface area contributed by atoms with Crippen molar-refractivity contribution in [2.75, 3.05) is 13.2 Å². The van der Waals surface area contributed by atoms with Crippen LogP contribution >= 0.6 is 23.2 Å². The summed E-state index contributed by atoms with van der Waals surface area (Å²) in [6.45, 7) is 8.29. The van der Waals surface area contributed by atoms with Gasteiger partial charge in [0.2, 0.25) is 0 Å². The van der Waals surface area contributed by atoms with Crippen LogP contribution in [0.1, 0.15) is 40.0 Å². The van der Waals surface area contributed by atoms with Crippen molar-refractivity contribution in [1.29, 1.82) is 0 Å². The van der Waals surface area contributed by atoms with E-state index in [9.17, 15) is 0 Å². The van der Waals surface area contributed by atoms with Gasteiger partial charge in [-0.15, -0.1) is 0 Å². The molecular formula is C15H23Cl2NO. The van der Waals surface area contributed by atoms with Crippen molar-refractivity contribution in [3.8, 4) is 5.75 Å². The first-order valence-electron chi connectivity index (χ1n) is 6.71. The number of benzene rings is 1. The number of unbranched alkanes of at least 4 members (excludes halogenated alkanes) is 2. The molecule has 1 aromatic rings. The zero-order valence-corrected chi connectivity index (χ0v) is 13.4. The van der Waals surface area contributed by atoms with Gasteiger partial charge in [0, 0.05) is 15.6 Å². The van der Waals surface area contributed by atoms with Crippen LogP contribution in [-0.4, -0.2) is 18.7 Å². The van der Waals surface area contributed by atoms with Gasteiger partial charge in [-0.25, -0.2) is 0 Å². The number of hydrogen-bond donors (Lipinski definition) is 1. The third kappa shape index (κ3) is 8.35. The molecule has 0 fully saturated rings. The van der Waals surface area contributed by atoms with E-state index in [0.29, 0.717) is 16.7 Å². The van der Waals surface area contributed by atoms with Crippen molar-refractivity contribution in [2.45, 2.75) is 45.6 Å². The van der Waals surface area contributed by atoms with Gasteiger partial charge < -0.3 is 10.1 Å². The Labute approximate surface area is 126 Å². The highest BCUT2D eigenvalue weighted by molar-refractivity contribution is 6.34. The summed E-state index contributed by atoms with van der Waals surface area (Å²) in [5.41, 5.74) is 0.202. The monoisotopic (exact) mass is 303 g/mol. The first-order valence-corrected chi connectivity index (χ1v) is 7.46. The molecule has 1 aromatic carbocycles. The standard InChI is InChI=1S/C15H23Cl2NO/c1-15(2,3)18-7-5-4-6-8-19-14-10-12(16)9-13(17)11-14/h9-11,18H,4-8H2,1-3H3. The maximum atomic E-state index is 5.90. The van der Waals surface area contributed by atoms with Crippen LogP contribution in [0.5, 0.6) is 5.75 Å². The maximum absolute atomic E-state index is 5.90. The molecule has 1 rings (SSSR count). The lowest BCUT2D eigenvalue weighted by Gasteiger charge is -2.20. The summed E-state index contributed by atoms with van der Waals surface area (Å²) in [7, 11) is 0. The van der Waals surface area contributed by atoms with E-state index in [0.717, 1.165) is 31.6 Å². The van der Waals surface area contributed by atoms with Crippen molar-refractivity contribution < 1.29 is 4.74 Å². The molecule has 0 radical (unpaired) electrons. The zero-order chi connectivity index (χ0) is 14.3. The zero-order valence-electron chi connectivity index (χ0n) is 11.9. The number of ether oxygens (including phenoxy) is 1. The Morgan fingerprint density at radius 2 is 1.63 bits per heavy atom. The van der Waals surface area contributed by atoms with E-state index in [-0.39, 0.29) is 5.54 Å². The van der Waals surface area contributed by atoms with Gasteiger partial charge in [-0.05, 0) is 64.8 Å². The van der Waals surface area contributed by atoms with Crippen LogP contribution in [0.4, 0.5) is 0 Å². The molecule has 0 aromatic heterocycles. The highest BCUT2D eigenvalue weighted by Gasteiger charge is 2.06. The third-order valence-electron chi connectivity index (χ3n) is 2.58. The molecule has 0 spiro atoms. The lowest BCUT2D eigenvalue weighted by Crippen LogP contribution is -2.36. The molecule has 0 saturated carbocycles. The SMILES string of the molecule is CC(C)(C)NCCCCCOc1cc(Cl)cc(Cl)c1. The average molecular weight is 304 g/mol. The van der Waals surface area contributed by atoms with E-state index in [1.165, 1.54) is 0 Å². The Morgan fingerprint density at radius 1 is 1.00 bits per heavy atom. The summed E-state index contributed by atoms with van der Waals surface area (Å²) in [5.74, 6) is 0.741. The van der Waals surface area contributed by atoms with Gasteiger partial charge in [0.1, 0.15) is 5.75 Å². The van der Waals surface area contributed by atoms with Gasteiger partial charge >= 0.3 is 0 Å². The van der Waals surface area contributed by atoms with Crippen molar-refractivity contribution in [3.63, 3.8) is 0 Å². The van der Waals surface area contributed by atoms with Crippen LogP contribution in [0.2, 0.25) is 10.0 Å². The molecule has 2 nitrogen and oxygen atoms in total. The molecule has 19 heavy (non-hydrogen) atoms. The minimum Gasteiger partial charge on any atom is -0.493 e. The summed E-state index contributed by atoms with van der Waals surface area (Å²) in [5, 5.41) is 4.69. The minimum atomic E-state index is 0.202. The van der Waals surface area contributed by atoms with Crippen molar-refractivity contribution in [3.05, 3.63) is 28.2 Å². The molecule has 0 heterocycles. The molecule has 0 aliphatic rings. The van der Waals surface area contributed by atoms with Crippen LogP contribution in [0.3, 0.4) is 0 Å². The molecule has 0 atom stereocenters. The van der Waals surface area contributed by atoms with Crippen LogP contribution < -0.4 is 10.1 Å². The van der Waals surface area contributed by atoms with Gasteiger partial charge in [0.25, 0.3) is 0 Å². The lowest BCUT2D eigenvalue weighted by atomic mass is 10.1. The lowest BCUT2D eigenvalue weighted by molar-refractivity contribution is 0.303. The van der Waals surface area contributed by atoms with E-state index >= 15 is 0 Å². The van der Waals surface area contributed by atoms with Gasteiger partial charge in [-0.3, -0.25) is 0 Å². The molecule has 108 valence electrons. The fourth-order valence-corrected chi connectivity index (χ4v) is 2.18. The van der Waals surface area contributed by atoms with Crippen LogP contribution in [0.15, 0.2) is 18.2 Å². The first-order chi connectivity index (χ1) is 8.87. The van der Waals surface area contributed by atoms with Gasteiger partial charge in [-0.2, -0.15) is 0 Å². The van der Waals surface area contributed by atoms with Crippen molar-refractivity contribution in [2.24, 2.45) is 0 Å². The smallest absolute Gasteiger partial charge is 0.122 e. The second-order valence-electron chi connectivity index (χ2n) is 5.69. The summed E-state index contributed by atoms with van der Waals surface area (Å²) in [4.78, 5) is 0. The summed E-state index contributed by atoms with van der Waals surface area (Å²) in [6.07, 6.45) is 3.35. The van der Waals surface area contributed by atoms with E-state index in [1.54, 1.807) is 18.2 Å². The molecule has 0 saturated heterocycles. The molecule has 0 aliphatic heterocycles. The van der Waals surface area contributed by atoms with Gasteiger partial charge in [0.15, 0.2) is 0 Å². The Hall–Kier alpha value is -0.440. The first kappa shape index (κ1) is 16.6. The van der Waals surface area contributed by atoms with E-state index < -0.39 is 0 Å². The van der Waals surface area contributed by atoms with Crippen LogP contribution in [-0.2, 0) is 0 Å². The number of nitrogens with one attached hydrogen (secondary N) is 1. The molecule has 0 unspecified atom stereocenters. The second-order valence-corrected chi connectivity index (χ2v) is 6.56. The number of halogens is 2. The van der Waals surface area contributed by atoms with Crippen molar-refractivity contribution >= 4 is 23.2 Å². The van der Waals surface area contributed by atoms with Crippen molar-refractivity contribution in [1.82, 2.24) is 5.32 Å². The Bertz CT molecular complexity index is 368. The molecule has 1 N–H and O–H groups in total. The third-order valence-corrected chi connectivity index (χ3v) is 3.02. The summed E-state index contributed by atoms with van der Waals surface area (Å²) in [6, 6.07) is 5.28. The largest absolute Gasteiger partial charge is 0.493 e. The Kier molecular flexibility index (Phi) is 6.98. The van der Waals surface area contributed by atoms with Gasteiger partial charge in [-0.1, -0.05) is 23.2 Å². The van der Waals surface area contributed by atoms with Crippen LogP contribution in [0, 0.1) is 0 Å². The summed E-state index contributed by atoms with van der Waals surface area (Å²) >= 11 is 11.8. The van der Waals surface area contributed by atoms with E-state index in [2.05, 4.69) is 26.1 Å². The summed E-state index contributed by atoms with van der Waals surface area (Å²) < 4.78 is 5.63. The quantitative estimate of drug-likeness (QED) is 0.721. The Morgan fingerprint density at radius 3 is 2.21 bits per heavy atom. The Balaban J connectivity index is 2.11. The number of rotatable bonds is 7. The second kappa shape index (κ2) is 7.98. The fourth-order valence-electron chi connectivity index (χ4n) is 1.67. The molecule has 0 aliphatic carbocycles. The normalized spacial score (nSPS) is 11.6. The maximum Gasteiger partial charge on any atom is 0.122 e. The average Bonchev–Trinajstić information content (AvgIpc) is 2.25. The molecule has 0 amide bonds. The minimum absolute atomic E-state index is 0.202. The molecular weight excluding hydrogens is 281 g/mol. The van der Waals surface area contributed by atoms with E-state index in [1.807, 2.05) is 0 Å². The molecule has 4 heteroatoms. The fraction of sp³-hybridized carbons (Fsp3) is 0.600. The topological polar surface area (TPSA) is 21.3 Å². The van der Waals surface area contributed by atoms with Crippen LogP contribution in [0.25, 0.3) is 0 Å². The highest BCUT2D eigenvalue weighted by atomic mass is 35.5. The molecule has 0 bridgehead atoms. The predicted molar refractivity (Wildman–Crippen MR) is 83.6 cm³/mol.